The summed E-state index contributed by atoms with van der Waals surface area (Å²) in [5.74, 6) is 1.15. The molecule has 0 aliphatic carbocycles. The van der Waals surface area contributed by atoms with E-state index in [1.807, 2.05) is 31.2 Å². The summed E-state index contributed by atoms with van der Waals surface area (Å²) >= 11 is 6.41. The average Bonchev–Trinajstić information content (AvgIpc) is 2.93. The van der Waals surface area contributed by atoms with Gasteiger partial charge in [0.2, 0.25) is 0 Å². The van der Waals surface area contributed by atoms with Gasteiger partial charge in [0.25, 0.3) is 0 Å². The Morgan fingerprint density at radius 3 is 2.67 bits per heavy atom. The molecule has 0 saturated heterocycles. The van der Waals surface area contributed by atoms with E-state index in [-0.39, 0.29) is 5.63 Å². The van der Waals surface area contributed by atoms with Crippen molar-refractivity contribution in [3.8, 4) is 16.9 Å². The van der Waals surface area contributed by atoms with Gasteiger partial charge in [0.05, 0.1) is 6.61 Å². The third kappa shape index (κ3) is 2.08. The highest BCUT2D eigenvalue weighted by molar-refractivity contribution is 6.33. The zero-order valence-corrected chi connectivity index (χ0v) is 14.5. The summed E-state index contributed by atoms with van der Waals surface area (Å²) in [6.07, 6.45) is 0. The minimum absolute atomic E-state index is 0.314. The van der Waals surface area contributed by atoms with E-state index >= 15 is 0 Å². The van der Waals surface area contributed by atoms with Crippen molar-refractivity contribution in [2.24, 2.45) is 0 Å². The van der Waals surface area contributed by atoms with Gasteiger partial charge in [0, 0.05) is 44.1 Å². The maximum atomic E-state index is 12.4. The Kier molecular flexibility index (Phi) is 3.43. The summed E-state index contributed by atoms with van der Waals surface area (Å²) in [5.41, 5.74) is 4.53. The molecule has 0 bridgehead atoms. The minimum atomic E-state index is -0.341. The number of benzene rings is 2. The molecule has 1 unspecified atom stereocenters. The number of hydrogen-bond acceptors (Lipinski definition) is 3. The average molecular weight is 341 g/mol. The summed E-state index contributed by atoms with van der Waals surface area (Å²) in [7, 11) is 0. The SMILES string of the molecule is Cc1c(-c2ccccc2Cl)c2cc3c(c(C)c2oc1=O)OCC3C. The fraction of sp³-hybridized carbons (Fsp3) is 0.250. The van der Waals surface area contributed by atoms with Crippen molar-refractivity contribution < 1.29 is 9.15 Å². The van der Waals surface area contributed by atoms with Crippen molar-refractivity contribution in [2.45, 2.75) is 26.7 Å². The third-order valence-corrected chi connectivity index (χ3v) is 5.11. The molecular weight excluding hydrogens is 324 g/mol. The lowest BCUT2D eigenvalue weighted by Crippen LogP contribution is -2.07. The predicted molar refractivity (Wildman–Crippen MR) is 96.3 cm³/mol. The zero-order valence-electron chi connectivity index (χ0n) is 13.8. The lowest BCUT2D eigenvalue weighted by molar-refractivity contribution is 0.335. The van der Waals surface area contributed by atoms with Gasteiger partial charge in [-0.1, -0.05) is 36.7 Å². The molecule has 0 radical (unpaired) electrons. The van der Waals surface area contributed by atoms with Crippen molar-refractivity contribution in [3.05, 3.63) is 62.5 Å². The highest BCUT2D eigenvalue weighted by Gasteiger charge is 2.27. The molecule has 24 heavy (non-hydrogen) atoms. The van der Waals surface area contributed by atoms with Crippen molar-refractivity contribution in [1.82, 2.24) is 0 Å². The van der Waals surface area contributed by atoms with E-state index in [0.717, 1.165) is 33.4 Å². The summed E-state index contributed by atoms with van der Waals surface area (Å²) in [4.78, 5) is 12.4. The van der Waals surface area contributed by atoms with Gasteiger partial charge in [-0.2, -0.15) is 0 Å². The van der Waals surface area contributed by atoms with Crippen molar-refractivity contribution in [1.29, 1.82) is 0 Å². The topological polar surface area (TPSA) is 39.4 Å². The van der Waals surface area contributed by atoms with Gasteiger partial charge < -0.3 is 9.15 Å². The Morgan fingerprint density at radius 1 is 1.17 bits per heavy atom. The molecule has 2 aromatic carbocycles. The monoisotopic (exact) mass is 340 g/mol. The van der Waals surface area contributed by atoms with E-state index in [1.165, 1.54) is 0 Å². The van der Waals surface area contributed by atoms with Crippen LogP contribution in [0.4, 0.5) is 0 Å². The van der Waals surface area contributed by atoms with Crippen LogP contribution in [0.3, 0.4) is 0 Å². The third-order valence-electron chi connectivity index (χ3n) is 4.78. The number of fused-ring (bicyclic) bond motifs is 2. The van der Waals surface area contributed by atoms with E-state index in [1.54, 1.807) is 6.92 Å². The molecule has 4 rings (SSSR count). The fourth-order valence-corrected chi connectivity index (χ4v) is 3.70. The standard InChI is InChI=1S/C20H17ClO3/c1-10-9-23-18-12(3)19-15(8-14(10)18)17(11(2)20(22)24-19)13-6-4-5-7-16(13)21/h4-8,10H,9H2,1-3H3. The van der Waals surface area contributed by atoms with Crippen LogP contribution >= 0.6 is 11.6 Å². The molecule has 1 aliphatic rings. The first-order chi connectivity index (χ1) is 11.5. The summed E-state index contributed by atoms with van der Waals surface area (Å²) in [5, 5.41) is 1.53. The van der Waals surface area contributed by atoms with Crippen LogP contribution in [0.5, 0.6) is 5.75 Å². The molecular formula is C20H17ClO3. The molecule has 0 fully saturated rings. The van der Waals surface area contributed by atoms with Crippen LogP contribution in [0, 0.1) is 13.8 Å². The molecule has 4 heteroatoms. The van der Waals surface area contributed by atoms with E-state index in [4.69, 9.17) is 20.8 Å². The van der Waals surface area contributed by atoms with E-state index in [9.17, 15) is 4.79 Å². The number of rotatable bonds is 1. The second-order valence-electron chi connectivity index (χ2n) is 6.38. The Labute approximate surface area is 144 Å². The highest BCUT2D eigenvalue weighted by atomic mass is 35.5. The molecule has 1 atom stereocenters. The maximum Gasteiger partial charge on any atom is 0.339 e. The maximum absolute atomic E-state index is 12.4. The number of hydrogen-bond donors (Lipinski definition) is 0. The quantitative estimate of drug-likeness (QED) is 0.570. The van der Waals surface area contributed by atoms with Crippen LogP contribution in [0.2, 0.25) is 5.02 Å². The molecule has 3 nitrogen and oxygen atoms in total. The van der Waals surface area contributed by atoms with E-state index in [2.05, 4.69) is 13.0 Å². The van der Waals surface area contributed by atoms with Gasteiger partial charge in [-0.05, 0) is 26.0 Å². The first kappa shape index (κ1) is 15.3. The second-order valence-corrected chi connectivity index (χ2v) is 6.79. The van der Waals surface area contributed by atoms with Crippen molar-refractivity contribution in [2.75, 3.05) is 6.61 Å². The Bertz CT molecular complexity index is 1030. The first-order valence-corrected chi connectivity index (χ1v) is 8.35. The first-order valence-electron chi connectivity index (χ1n) is 7.97. The fourth-order valence-electron chi connectivity index (χ4n) is 3.47. The van der Waals surface area contributed by atoms with Crippen LogP contribution in [0.25, 0.3) is 22.1 Å². The van der Waals surface area contributed by atoms with Crippen molar-refractivity contribution >= 4 is 22.6 Å². The van der Waals surface area contributed by atoms with E-state index < -0.39 is 0 Å². The van der Waals surface area contributed by atoms with Crippen molar-refractivity contribution in [3.63, 3.8) is 0 Å². The van der Waals surface area contributed by atoms with Gasteiger partial charge >= 0.3 is 5.63 Å². The molecule has 2 heterocycles. The number of ether oxygens (including phenoxy) is 1. The molecule has 3 aromatic rings. The van der Waals surface area contributed by atoms with Crippen LogP contribution in [0.15, 0.2) is 39.5 Å². The van der Waals surface area contributed by atoms with Gasteiger partial charge in [0.1, 0.15) is 11.3 Å². The smallest absolute Gasteiger partial charge is 0.339 e. The Morgan fingerprint density at radius 2 is 1.92 bits per heavy atom. The molecule has 0 N–H and O–H groups in total. The van der Waals surface area contributed by atoms with Gasteiger partial charge in [-0.15, -0.1) is 0 Å². The molecule has 1 aliphatic heterocycles. The molecule has 1 aromatic heterocycles. The molecule has 0 spiro atoms. The Hall–Kier alpha value is -2.26. The highest BCUT2D eigenvalue weighted by Crippen LogP contribution is 2.44. The summed E-state index contributed by atoms with van der Waals surface area (Å²) in [6, 6.07) is 9.67. The van der Waals surface area contributed by atoms with Gasteiger partial charge in [-0.3, -0.25) is 0 Å². The lowest BCUT2D eigenvalue weighted by Gasteiger charge is -2.14. The largest absolute Gasteiger partial charge is 0.492 e. The molecule has 0 amide bonds. The Balaban J connectivity index is 2.19. The van der Waals surface area contributed by atoms with Crippen LogP contribution in [-0.4, -0.2) is 6.61 Å². The van der Waals surface area contributed by atoms with Gasteiger partial charge in [0.15, 0.2) is 0 Å². The predicted octanol–water partition coefficient (Wildman–Crippen LogP) is 5.23. The van der Waals surface area contributed by atoms with Crippen LogP contribution < -0.4 is 10.4 Å². The lowest BCUT2D eigenvalue weighted by atomic mass is 9.92. The normalized spacial score (nSPS) is 16.2. The van der Waals surface area contributed by atoms with E-state index in [0.29, 0.717) is 28.7 Å². The van der Waals surface area contributed by atoms with Crippen LogP contribution in [0.1, 0.15) is 29.5 Å². The molecule has 122 valence electrons. The zero-order chi connectivity index (χ0) is 17.0. The summed E-state index contributed by atoms with van der Waals surface area (Å²) < 4.78 is 11.4. The summed E-state index contributed by atoms with van der Waals surface area (Å²) in [6.45, 7) is 6.51. The molecule has 0 saturated carbocycles. The van der Waals surface area contributed by atoms with Gasteiger partial charge in [-0.25, -0.2) is 4.79 Å². The number of halogens is 1. The minimum Gasteiger partial charge on any atom is -0.492 e. The second kappa shape index (κ2) is 5.38. The number of aryl methyl sites for hydroxylation is 1. The van der Waals surface area contributed by atoms with Crippen LogP contribution in [-0.2, 0) is 0 Å².